The van der Waals surface area contributed by atoms with Gasteiger partial charge in [0.15, 0.2) is 23.2 Å². The van der Waals surface area contributed by atoms with E-state index in [4.69, 9.17) is 33.0 Å². The van der Waals surface area contributed by atoms with Crippen LogP contribution in [0.3, 0.4) is 0 Å². The summed E-state index contributed by atoms with van der Waals surface area (Å²) in [7, 11) is 0. The van der Waals surface area contributed by atoms with Gasteiger partial charge in [-0.05, 0) is 32.0 Å². The number of pyridine rings is 2. The Hall–Kier alpha value is -3.05. The SMILES string of the molecule is C[C@@H](Oc1ccc2[nH]nc(-c3cnc(N4CC(C)(NCCO)C4)c(F)c3)c2c1F)c1c(Cl)cncc1Cl. The van der Waals surface area contributed by atoms with Crippen molar-refractivity contribution < 1.29 is 18.6 Å². The van der Waals surface area contributed by atoms with Gasteiger partial charge < -0.3 is 20.1 Å². The van der Waals surface area contributed by atoms with E-state index in [9.17, 15) is 0 Å². The van der Waals surface area contributed by atoms with Crippen LogP contribution in [0.1, 0.15) is 25.5 Å². The number of rotatable bonds is 8. The van der Waals surface area contributed by atoms with E-state index < -0.39 is 17.7 Å². The number of halogens is 4. The first-order chi connectivity index (χ1) is 17.7. The highest BCUT2D eigenvalue weighted by molar-refractivity contribution is 6.35. The summed E-state index contributed by atoms with van der Waals surface area (Å²) in [4.78, 5) is 10.0. The van der Waals surface area contributed by atoms with Crippen LogP contribution >= 0.6 is 23.2 Å². The van der Waals surface area contributed by atoms with Crippen molar-refractivity contribution in [3.8, 4) is 17.0 Å². The predicted molar refractivity (Wildman–Crippen MR) is 138 cm³/mol. The molecule has 1 aliphatic heterocycles. The van der Waals surface area contributed by atoms with E-state index in [1.807, 2.05) is 6.92 Å². The van der Waals surface area contributed by atoms with Gasteiger partial charge in [0.25, 0.3) is 0 Å². The smallest absolute Gasteiger partial charge is 0.176 e. The molecule has 1 aliphatic rings. The Bertz CT molecular complexity index is 1440. The van der Waals surface area contributed by atoms with Crippen molar-refractivity contribution >= 4 is 39.9 Å². The minimum Gasteiger partial charge on any atom is -0.483 e. The summed E-state index contributed by atoms with van der Waals surface area (Å²) in [6.07, 6.45) is 3.68. The number of hydrogen-bond acceptors (Lipinski definition) is 7. The quantitative estimate of drug-likeness (QED) is 0.288. The summed E-state index contributed by atoms with van der Waals surface area (Å²) in [5.41, 5.74) is 1.21. The monoisotopic (exact) mass is 548 g/mol. The molecule has 0 radical (unpaired) electrons. The van der Waals surface area contributed by atoms with Gasteiger partial charge in [-0.25, -0.2) is 13.8 Å². The maximum atomic E-state index is 15.7. The Morgan fingerprint density at radius 1 is 1.22 bits per heavy atom. The second kappa shape index (κ2) is 10.0. The molecular formula is C25H24Cl2F2N6O2. The highest BCUT2D eigenvalue weighted by Crippen LogP contribution is 2.38. The summed E-state index contributed by atoms with van der Waals surface area (Å²) in [5, 5.41) is 20.0. The number of nitrogens with one attached hydrogen (secondary N) is 2. The van der Waals surface area contributed by atoms with Crippen LogP contribution in [0.25, 0.3) is 22.2 Å². The number of H-pyrrole nitrogens is 1. The zero-order valence-electron chi connectivity index (χ0n) is 20.0. The van der Waals surface area contributed by atoms with E-state index in [2.05, 4.69) is 25.5 Å². The minimum absolute atomic E-state index is 0.0297. The van der Waals surface area contributed by atoms with Crippen molar-refractivity contribution in [2.75, 3.05) is 31.1 Å². The molecule has 0 bridgehead atoms. The van der Waals surface area contributed by atoms with E-state index >= 15 is 8.78 Å². The van der Waals surface area contributed by atoms with Gasteiger partial charge in [0.05, 0.1) is 33.1 Å². The molecule has 1 atom stereocenters. The number of aliphatic hydroxyl groups is 1. The Morgan fingerprint density at radius 2 is 1.95 bits per heavy atom. The number of hydrogen-bond donors (Lipinski definition) is 3. The average molecular weight is 549 g/mol. The van der Waals surface area contributed by atoms with E-state index in [-0.39, 0.29) is 34.8 Å². The zero-order valence-corrected chi connectivity index (χ0v) is 21.5. The van der Waals surface area contributed by atoms with E-state index in [1.54, 1.807) is 17.9 Å². The number of β-amino-alcohol motifs (C(OH)–C–C–N with tert-alkyl or cyclic N) is 1. The van der Waals surface area contributed by atoms with Crippen molar-refractivity contribution in [2.45, 2.75) is 25.5 Å². The predicted octanol–water partition coefficient (Wildman–Crippen LogP) is 4.91. The number of aromatic amines is 1. The van der Waals surface area contributed by atoms with Crippen LogP contribution in [0.5, 0.6) is 5.75 Å². The Morgan fingerprint density at radius 3 is 2.62 bits per heavy atom. The lowest BCUT2D eigenvalue weighted by Crippen LogP contribution is -2.68. The maximum absolute atomic E-state index is 15.7. The van der Waals surface area contributed by atoms with Crippen LogP contribution in [0.2, 0.25) is 10.0 Å². The molecule has 1 saturated heterocycles. The topological polar surface area (TPSA) is 99.2 Å². The second-order valence-corrected chi connectivity index (χ2v) is 10.1. The molecule has 3 aromatic heterocycles. The molecule has 0 saturated carbocycles. The third-order valence-corrected chi connectivity index (χ3v) is 6.97. The molecule has 4 heterocycles. The van der Waals surface area contributed by atoms with Crippen molar-refractivity contribution in [2.24, 2.45) is 0 Å². The van der Waals surface area contributed by atoms with Gasteiger partial charge in [0.2, 0.25) is 0 Å². The number of fused-ring (bicyclic) bond motifs is 1. The van der Waals surface area contributed by atoms with Crippen LogP contribution < -0.4 is 15.0 Å². The number of benzene rings is 1. The summed E-state index contributed by atoms with van der Waals surface area (Å²) in [5.74, 6) is -1.03. The molecule has 12 heteroatoms. The summed E-state index contributed by atoms with van der Waals surface area (Å²) >= 11 is 12.4. The van der Waals surface area contributed by atoms with E-state index in [1.165, 1.54) is 30.7 Å². The molecule has 0 spiro atoms. The van der Waals surface area contributed by atoms with Crippen molar-refractivity contribution in [3.63, 3.8) is 0 Å². The molecule has 5 rings (SSSR count). The van der Waals surface area contributed by atoms with Gasteiger partial charge in [0.1, 0.15) is 11.8 Å². The lowest BCUT2D eigenvalue weighted by molar-refractivity contribution is 0.217. The van der Waals surface area contributed by atoms with Crippen LogP contribution in [0.15, 0.2) is 36.8 Å². The van der Waals surface area contributed by atoms with Gasteiger partial charge in [-0.3, -0.25) is 10.1 Å². The second-order valence-electron chi connectivity index (χ2n) is 9.25. The molecule has 3 N–H and O–H groups in total. The molecule has 1 aromatic carbocycles. The maximum Gasteiger partial charge on any atom is 0.176 e. The van der Waals surface area contributed by atoms with Gasteiger partial charge in [-0.2, -0.15) is 5.10 Å². The van der Waals surface area contributed by atoms with Crippen molar-refractivity contribution in [3.05, 3.63) is 64.0 Å². The molecule has 4 aromatic rings. The normalized spacial score (nSPS) is 15.6. The number of anilines is 1. The average Bonchev–Trinajstić information content (AvgIpc) is 3.28. The van der Waals surface area contributed by atoms with Gasteiger partial charge in [0, 0.05) is 49.4 Å². The van der Waals surface area contributed by atoms with Crippen LogP contribution in [-0.2, 0) is 0 Å². The molecule has 194 valence electrons. The van der Waals surface area contributed by atoms with E-state index in [0.29, 0.717) is 46.3 Å². The van der Waals surface area contributed by atoms with E-state index in [0.717, 1.165) is 0 Å². The first kappa shape index (κ1) is 25.6. The van der Waals surface area contributed by atoms with Crippen LogP contribution in [0.4, 0.5) is 14.6 Å². The number of ether oxygens (including phenoxy) is 1. The largest absolute Gasteiger partial charge is 0.483 e. The molecule has 37 heavy (non-hydrogen) atoms. The molecule has 0 unspecified atom stereocenters. The lowest BCUT2D eigenvalue weighted by atomic mass is 9.92. The van der Waals surface area contributed by atoms with Gasteiger partial charge in [-0.15, -0.1) is 0 Å². The van der Waals surface area contributed by atoms with Gasteiger partial charge in [-0.1, -0.05) is 23.2 Å². The first-order valence-electron chi connectivity index (χ1n) is 11.6. The third-order valence-electron chi connectivity index (χ3n) is 6.37. The van der Waals surface area contributed by atoms with Gasteiger partial charge >= 0.3 is 0 Å². The fourth-order valence-corrected chi connectivity index (χ4v) is 5.29. The number of aromatic nitrogens is 4. The zero-order chi connectivity index (χ0) is 26.3. The summed E-state index contributed by atoms with van der Waals surface area (Å²) in [6.45, 7) is 5.28. The fourth-order valence-electron chi connectivity index (χ4n) is 4.62. The number of aliphatic hydroxyl groups excluding tert-OH is 1. The van der Waals surface area contributed by atoms with Crippen LogP contribution in [-0.4, -0.2) is 57.1 Å². The first-order valence-corrected chi connectivity index (χ1v) is 12.4. The Labute approximate surface area is 221 Å². The molecule has 1 fully saturated rings. The van der Waals surface area contributed by atoms with Crippen molar-refractivity contribution in [1.29, 1.82) is 0 Å². The minimum atomic E-state index is -0.669. The highest BCUT2D eigenvalue weighted by Gasteiger charge is 2.40. The summed E-state index contributed by atoms with van der Waals surface area (Å²) in [6, 6.07) is 4.40. The molecular weight excluding hydrogens is 525 g/mol. The Balaban J connectivity index is 1.42. The molecule has 8 nitrogen and oxygen atoms in total. The summed E-state index contributed by atoms with van der Waals surface area (Å²) < 4.78 is 36.6. The third kappa shape index (κ3) is 4.82. The van der Waals surface area contributed by atoms with Crippen molar-refractivity contribution in [1.82, 2.24) is 25.5 Å². The fraction of sp³-hybridized carbons (Fsp3) is 0.320. The van der Waals surface area contributed by atoms with Crippen LogP contribution in [0, 0.1) is 11.6 Å². The number of nitrogens with zero attached hydrogens (tertiary/aromatic N) is 4. The lowest BCUT2D eigenvalue weighted by Gasteiger charge is -2.49. The molecule has 0 aliphatic carbocycles. The molecule has 0 amide bonds. The Kier molecular flexibility index (Phi) is 6.93. The highest BCUT2D eigenvalue weighted by atomic mass is 35.5. The standard InChI is InChI=1S/C25H24Cl2F2N6O2/c1-13(20-15(26)9-30-10-16(20)27)37-19-4-3-18-21(22(19)29)23(34-33-18)14-7-17(28)24(31-8-14)35-11-25(2,12-35)32-5-6-36/h3-4,7-10,13,32,36H,5-6,11-12H2,1-2H3,(H,33,34)/t13-/m1/s1.